The van der Waals surface area contributed by atoms with E-state index in [4.69, 9.17) is 18.6 Å². The lowest BCUT2D eigenvalue weighted by molar-refractivity contribution is -0.240. The molecule has 242 valence electrons. The third-order valence-corrected chi connectivity index (χ3v) is 13.8. The van der Waals surface area contributed by atoms with Crippen LogP contribution in [0.25, 0.3) is 0 Å². The number of benzene rings is 2. The lowest BCUT2D eigenvalue weighted by atomic mass is 9.85. The summed E-state index contributed by atoms with van der Waals surface area (Å²) in [5.74, 6) is 0. The topological polar surface area (TPSA) is 80.3 Å². The summed E-state index contributed by atoms with van der Waals surface area (Å²) in [5.41, 5.74) is -4.52. The normalized spacial score (nSPS) is 23.8. The van der Waals surface area contributed by atoms with Gasteiger partial charge in [-0.05, 0) is 49.0 Å². The Balaban J connectivity index is 1.82. The second-order valence-corrected chi connectivity index (χ2v) is 19.1. The van der Waals surface area contributed by atoms with Gasteiger partial charge in [0.15, 0.2) is 8.32 Å². The Morgan fingerprint density at radius 2 is 1.51 bits per heavy atom. The van der Waals surface area contributed by atoms with E-state index in [0.717, 1.165) is 11.1 Å². The van der Waals surface area contributed by atoms with Crippen molar-refractivity contribution < 1.29 is 44.4 Å². The van der Waals surface area contributed by atoms with E-state index in [-0.39, 0.29) is 5.04 Å². The molecule has 1 aliphatic heterocycles. The lowest BCUT2D eigenvalue weighted by Gasteiger charge is -2.50. The van der Waals surface area contributed by atoms with E-state index >= 15 is 0 Å². The van der Waals surface area contributed by atoms with Crippen molar-refractivity contribution in [3.63, 3.8) is 0 Å². The highest BCUT2D eigenvalue weighted by molar-refractivity contribution is 7.87. The third kappa shape index (κ3) is 10.1. The van der Waals surface area contributed by atoms with Crippen molar-refractivity contribution in [1.29, 1.82) is 0 Å². The van der Waals surface area contributed by atoms with E-state index in [0.29, 0.717) is 39.1 Å². The Labute approximate surface area is 255 Å². The molecule has 1 aliphatic rings. The van der Waals surface area contributed by atoms with Crippen LogP contribution in [-0.4, -0.2) is 59.4 Å². The van der Waals surface area contributed by atoms with Gasteiger partial charge in [0.05, 0.1) is 37.6 Å². The monoisotopic (exact) mass is 646 g/mol. The molecular weight excluding hydrogens is 601 g/mol. The zero-order valence-corrected chi connectivity index (χ0v) is 27.7. The molecule has 0 aromatic heterocycles. The van der Waals surface area contributed by atoms with Crippen LogP contribution in [0, 0.1) is 0 Å². The molecule has 4 atom stereocenters. The Morgan fingerprint density at radius 1 is 0.953 bits per heavy atom. The fourth-order valence-corrected chi connectivity index (χ4v) is 6.48. The first-order chi connectivity index (χ1) is 19.9. The third-order valence-electron chi connectivity index (χ3n) is 8.25. The standard InChI is InChI=1S/C31H45F3O7SSi/c1-29(2,3)43(5,6)41-26-20-28(38-22-25-16-11-8-12-17-25)30(4,18-13-19-37-21-24-14-9-7-10-15-24)40-27(26)23-39-42(35,36)31(32,33)34/h7-12,14-17,26-28H,13,18-23H2,1-6H3/t26-,27+,28+,30-/m0/s1. The van der Waals surface area contributed by atoms with Gasteiger partial charge in [-0.3, -0.25) is 4.18 Å². The van der Waals surface area contributed by atoms with Crippen LogP contribution in [0.4, 0.5) is 13.2 Å². The molecular formula is C31H45F3O7SSi. The lowest BCUT2D eigenvalue weighted by Crippen LogP contribution is -2.60. The maximum atomic E-state index is 13.1. The molecule has 3 rings (SSSR count). The molecule has 0 unspecified atom stereocenters. The zero-order chi connectivity index (χ0) is 31.9. The van der Waals surface area contributed by atoms with Gasteiger partial charge in [0.1, 0.15) is 6.10 Å². The highest BCUT2D eigenvalue weighted by atomic mass is 32.2. The molecule has 0 bridgehead atoms. The molecule has 1 saturated heterocycles. The maximum absolute atomic E-state index is 13.1. The summed E-state index contributed by atoms with van der Waals surface area (Å²) in [6.45, 7) is 12.4. The number of ether oxygens (including phenoxy) is 3. The van der Waals surface area contributed by atoms with E-state index in [1.807, 2.05) is 101 Å². The summed E-state index contributed by atoms with van der Waals surface area (Å²) in [4.78, 5) is 0. The number of alkyl halides is 3. The molecule has 0 spiro atoms. The summed E-state index contributed by atoms with van der Waals surface area (Å²) >= 11 is 0. The second-order valence-electron chi connectivity index (χ2n) is 12.7. The van der Waals surface area contributed by atoms with E-state index in [9.17, 15) is 21.6 Å². The summed E-state index contributed by atoms with van der Waals surface area (Å²) in [7, 11) is -8.28. The van der Waals surface area contributed by atoms with Crippen LogP contribution in [0.5, 0.6) is 0 Å². The van der Waals surface area contributed by atoms with Gasteiger partial charge in [0.25, 0.3) is 0 Å². The Bertz CT molecular complexity index is 1240. The highest BCUT2D eigenvalue weighted by Gasteiger charge is 2.52. The molecule has 12 heteroatoms. The Hall–Kier alpha value is -1.80. The van der Waals surface area contributed by atoms with Gasteiger partial charge in [0, 0.05) is 13.0 Å². The first-order valence-corrected chi connectivity index (χ1v) is 18.8. The van der Waals surface area contributed by atoms with Crippen LogP contribution < -0.4 is 0 Å². The van der Waals surface area contributed by atoms with Crippen molar-refractivity contribution in [3.8, 4) is 0 Å². The summed E-state index contributed by atoms with van der Waals surface area (Å²) in [5, 5.41) is -0.215. The maximum Gasteiger partial charge on any atom is 0.523 e. The molecule has 0 N–H and O–H groups in total. The van der Waals surface area contributed by atoms with Crippen molar-refractivity contribution in [2.75, 3.05) is 13.2 Å². The fraction of sp³-hybridized carbons (Fsp3) is 0.613. The van der Waals surface area contributed by atoms with Crippen molar-refractivity contribution in [1.82, 2.24) is 0 Å². The minimum Gasteiger partial charge on any atom is -0.411 e. The summed E-state index contributed by atoms with van der Waals surface area (Å²) < 4.78 is 92.9. The Kier molecular flexibility index (Phi) is 12.1. The van der Waals surface area contributed by atoms with Gasteiger partial charge >= 0.3 is 15.6 Å². The predicted octanol–water partition coefficient (Wildman–Crippen LogP) is 7.37. The minimum absolute atomic E-state index is 0.215. The fourth-order valence-electron chi connectivity index (χ4n) is 4.68. The second kappa shape index (κ2) is 14.5. The molecule has 0 aliphatic carbocycles. The molecule has 0 saturated carbocycles. The Morgan fingerprint density at radius 3 is 2.05 bits per heavy atom. The van der Waals surface area contributed by atoms with Crippen LogP contribution in [0.3, 0.4) is 0 Å². The molecule has 0 amide bonds. The van der Waals surface area contributed by atoms with Crippen LogP contribution in [-0.2, 0) is 46.2 Å². The SMILES string of the molecule is CC(C)(C)[Si](C)(C)O[C@H]1C[C@@H](OCc2ccccc2)[C@](C)(CCCOCc2ccccc2)O[C@@H]1COS(=O)(=O)C(F)(F)F. The number of halogens is 3. The van der Waals surface area contributed by atoms with Gasteiger partial charge in [-0.25, -0.2) is 0 Å². The van der Waals surface area contributed by atoms with Gasteiger partial charge in [-0.1, -0.05) is 81.4 Å². The van der Waals surface area contributed by atoms with Gasteiger partial charge < -0.3 is 18.6 Å². The van der Waals surface area contributed by atoms with E-state index in [1.54, 1.807) is 0 Å². The summed E-state index contributed by atoms with van der Waals surface area (Å²) in [6.07, 6.45) is -0.980. The molecule has 1 fully saturated rings. The highest BCUT2D eigenvalue weighted by Crippen LogP contribution is 2.43. The first kappa shape index (κ1) is 35.7. The van der Waals surface area contributed by atoms with Gasteiger partial charge in [-0.2, -0.15) is 21.6 Å². The predicted molar refractivity (Wildman–Crippen MR) is 161 cm³/mol. The largest absolute Gasteiger partial charge is 0.523 e. The average molecular weight is 647 g/mol. The van der Waals surface area contributed by atoms with Crippen LogP contribution in [0.15, 0.2) is 60.7 Å². The van der Waals surface area contributed by atoms with Crippen LogP contribution in [0.2, 0.25) is 18.1 Å². The van der Waals surface area contributed by atoms with Crippen molar-refractivity contribution >= 4 is 18.4 Å². The van der Waals surface area contributed by atoms with Crippen molar-refractivity contribution in [2.45, 2.75) is 108 Å². The molecule has 1 heterocycles. The van der Waals surface area contributed by atoms with E-state index in [2.05, 4.69) is 4.18 Å². The molecule has 2 aromatic carbocycles. The van der Waals surface area contributed by atoms with Gasteiger partial charge in [0.2, 0.25) is 0 Å². The molecule has 0 radical (unpaired) electrons. The minimum atomic E-state index is -5.82. The molecule has 7 nitrogen and oxygen atoms in total. The number of rotatable bonds is 14. The van der Waals surface area contributed by atoms with Gasteiger partial charge in [-0.15, -0.1) is 0 Å². The van der Waals surface area contributed by atoms with Crippen molar-refractivity contribution in [3.05, 3.63) is 71.8 Å². The van der Waals surface area contributed by atoms with E-state index in [1.165, 1.54) is 0 Å². The quantitative estimate of drug-likeness (QED) is 0.0918. The molecule has 43 heavy (non-hydrogen) atoms. The smallest absolute Gasteiger partial charge is 0.411 e. The van der Waals surface area contributed by atoms with Crippen molar-refractivity contribution in [2.24, 2.45) is 0 Å². The van der Waals surface area contributed by atoms with E-state index < -0.39 is 54.5 Å². The first-order valence-electron chi connectivity index (χ1n) is 14.5. The number of hydrogen-bond donors (Lipinski definition) is 0. The van der Waals surface area contributed by atoms with Crippen LogP contribution >= 0.6 is 0 Å². The van der Waals surface area contributed by atoms with Crippen LogP contribution in [0.1, 0.15) is 58.1 Å². The summed E-state index contributed by atoms with van der Waals surface area (Å²) in [6, 6.07) is 19.4. The number of hydrogen-bond acceptors (Lipinski definition) is 7. The molecule has 2 aromatic rings. The average Bonchev–Trinajstić information content (AvgIpc) is 2.92. The zero-order valence-electron chi connectivity index (χ0n) is 25.9.